The van der Waals surface area contributed by atoms with E-state index in [-0.39, 0.29) is 17.9 Å². The molecule has 9 nitrogen and oxygen atoms in total. The minimum Gasteiger partial charge on any atom is -0.493 e. The highest BCUT2D eigenvalue weighted by atomic mass is 35.5. The molecule has 10 heteroatoms. The smallest absolute Gasteiger partial charge is 0.298 e. The molecular formula is C23H22ClN7O2. The van der Waals surface area contributed by atoms with Gasteiger partial charge in [-0.1, -0.05) is 11.6 Å². The van der Waals surface area contributed by atoms with E-state index >= 15 is 0 Å². The van der Waals surface area contributed by atoms with Gasteiger partial charge in [0.25, 0.3) is 5.91 Å². The van der Waals surface area contributed by atoms with E-state index < -0.39 is 0 Å². The fourth-order valence-corrected chi connectivity index (χ4v) is 4.54. The van der Waals surface area contributed by atoms with E-state index in [1.165, 1.54) is 6.33 Å². The molecule has 4 rings (SSSR count). The zero-order valence-electron chi connectivity index (χ0n) is 18.5. The molecule has 3 heterocycles. The Labute approximate surface area is 196 Å². The summed E-state index contributed by atoms with van der Waals surface area (Å²) in [7, 11) is 0. The molecule has 0 radical (unpaired) electrons. The van der Waals surface area contributed by atoms with Crippen LogP contribution in [0.4, 0.5) is 5.82 Å². The van der Waals surface area contributed by atoms with Crippen molar-refractivity contribution in [1.29, 1.82) is 5.26 Å². The molecule has 1 aromatic carbocycles. The third-order valence-electron chi connectivity index (χ3n) is 5.91. The van der Waals surface area contributed by atoms with Crippen molar-refractivity contribution in [2.75, 3.05) is 25.4 Å². The Balaban J connectivity index is 1.87. The molecule has 2 N–H and O–H groups in total. The summed E-state index contributed by atoms with van der Waals surface area (Å²) in [4.78, 5) is 21.9. The number of nitrogens with zero attached hydrogens (tertiary/aromatic N) is 6. The summed E-state index contributed by atoms with van der Waals surface area (Å²) in [6.45, 7) is 6.82. The van der Waals surface area contributed by atoms with Gasteiger partial charge in [-0.25, -0.2) is 14.6 Å². The lowest BCUT2D eigenvalue weighted by Crippen LogP contribution is -2.48. The topological polar surface area (TPSA) is 123 Å². The zero-order chi connectivity index (χ0) is 23.9. The lowest BCUT2D eigenvalue weighted by atomic mass is 9.85. The van der Waals surface area contributed by atoms with Crippen molar-refractivity contribution < 1.29 is 9.53 Å². The van der Waals surface area contributed by atoms with Crippen LogP contribution in [0.3, 0.4) is 0 Å². The maximum absolute atomic E-state index is 11.9. The van der Waals surface area contributed by atoms with Crippen LogP contribution in [0, 0.1) is 30.6 Å². The highest BCUT2D eigenvalue weighted by molar-refractivity contribution is 6.32. The van der Waals surface area contributed by atoms with Crippen LogP contribution in [0.25, 0.3) is 11.0 Å². The van der Waals surface area contributed by atoms with Gasteiger partial charge >= 0.3 is 0 Å². The quantitative estimate of drug-likeness (QED) is 0.577. The fraction of sp³-hybridized carbons (Fsp3) is 0.348. The number of nitrogen functional groups attached to an aromatic ring is 1. The summed E-state index contributed by atoms with van der Waals surface area (Å²) >= 11 is 6.57. The van der Waals surface area contributed by atoms with Gasteiger partial charge < -0.3 is 15.4 Å². The first-order chi connectivity index (χ1) is 15.8. The van der Waals surface area contributed by atoms with Gasteiger partial charge in [-0.05, 0) is 32.8 Å². The number of carbonyl (C=O) groups excluding carboxylic acids is 1. The van der Waals surface area contributed by atoms with Crippen LogP contribution in [-0.4, -0.2) is 50.3 Å². The molecule has 168 valence electrons. The van der Waals surface area contributed by atoms with Crippen LogP contribution < -0.4 is 10.5 Å². The Morgan fingerprint density at radius 3 is 2.82 bits per heavy atom. The lowest BCUT2D eigenvalue weighted by molar-refractivity contribution is -0.129. The van der Waals surface area contributed by atoms with Crippen LogP contribution in [0.2, 0.25) is 5.02 Å². The number of benzene rings is 1. The second-order valence-corrected chi connectivity index (χ2v) is 8.23. The van der Waals surface area contributed by atoms with Crippen molar-refractivity contribution in [3.05, 3.63) is 39.8 Å². The first-order valence-corrected chi connectivity index (χ1v) is 10.8. The van der Waals surface area contributed by atoms with E-state index in [0.717, 1.165) is 5.56 Å². The molecule has 0 aliphatic carbocycles. The molecule has 1 atom stereocenters. The average molecular weight is 464 g/mol. The molecule has 0 bridgehead atoms. The van der Waals surface area contributed by atoms with E-state index in [9.17, 15) is 10.1 Å². The van der Waals surface area contributed by atoms with E-state index in [2.05, 4.69) is 27.1 Å². The van der Waals surface area contributed by atoms with Crippen LogP contribution >= 0.6 is 11.6 Å². The first kappa shape index (κ1) is 22.4. The summed E-state index contributed by atoms with van der Waals surface area (Å²) in [5.41, 5.74) is 9.11. The van der Waals surface area contributed by atoms with Gasteiger partial charge in [0.05, 0.1) is 34.3 Å². The SMILES string of the molecule is C#CC(=O)N1CC(c2c(C#N)c(Cl)cc(C(C)n3nc(C)c4c(N)ncnc43)c2OCC)C1. The van der Waals surface area contributed by atoms with E-state index in [1.54, 1.807) is 15.6 Å². The highest BCUT2D eigenvalue weighted by Gasteiger charge is 2.37. The maximum Gasteiger partial charge on any atom is 0.298 e. The molecule has 2 aromatic heterocycles. The van der Waals surface area contributed by atoms with Gasteiger partial charge in [-0.15, -0.1) is 6.42 Å². The summed E-state index contributed by atoms with van der Waals surface area (Å²) in [6.07, 6.45) is 6.64. The molecule has 1 amide bonds. The number of aromatic nitrogens is 4. The van der Waals surface area contributed by atoms with Gasteiger partial charge in [0.15, 0.2) is 5.65 Å². The Morgan fingerprint density at radius 2 is 2.18 bits per heavy atom. The lowest BCUT2D eigenvalue weighted by Gasteiger charge is -2.39. The highest BCUT2D eigenvalue weighted by Crippen LogP contribution is 2.44. The normalized spacial score (nSPS) is 14.4. The average Bonchev–Trinajstić information content (AvgIpc) is 3.11. The van der Waals surface area contributed by atoms with Crippen LogP contribution in [0.5, 0.6) is 5.75 Å². The maximum atomic E-state index is 11.9. The number of rotatable bonds is 5. The van der Waals surface area contributed by atoms with Gasteiger partial charge in [-0.3, -0.25) is 4.79 Å². The molecule has 1 saturated heterocycles. The first-order valence-electron chi connectivity index (χ1n) is 10.4. The second kappa shape index (κ2) is 8.61. The molecule has 0 spiro atoms. The Morgan fingerprint density at radius 1 is 1.45 bits per heavy atom. The number of likely N-dealkylation sites (tertiary alicyclic amines) is 1. The predicted octanol–water partition coefficient (Wildman–Crippen LogP) is 2.81. The van der Waals surface area contributed by atoms with Crippen LogP contribution in [-0.2, 0) is 4.79 Å². The van der Waals surface area contributed by atoms with Crippen molar-refractivity contribution in [2.24, 2.45) is 0 Å². The van der Waals surface area contributed by atoms with Gasteiger partial charge in [0.1, 0.15) is 24.0 Å². The number of carbonyl (C=O) groups is 1. The monoisotopic (exact) mass is 463 g/mol. The second-order valence-electron chi connectivity index (χ2n) is 7.83. The number of aryl methyl sites for hydroxylation is 1. The number of terminal acetylenes is 1. The van der Waals surface area contributed by atoms with Gasteiger partial charge in [0, 0.05) is 30.1 Å². The summed E-state index contributed by atoms with van der Waals surface area (Å²) in [5.74, 6) is 2.53. The molecule has 1 aliphatic rings. The number of hydrogen-bond acceptors (Lipinski definition) is 7. The third-order valence-corrected chi connectivity index (χ3v) is 6.21. The number of nitriles is 1. The number of nitrogens with two attached hydrogens (primary N) is 1. The fourth-order valence-electron chi connectivity index (χ4n) is 4.28. The predicted molar refractivity (Wildman–Crippen MR) is 124 cm³/mol. The van der Waals surface area contributed by atoms with Crippen LogP contribution in [0.15, 0.2) is 12.4 Å². The van der Waals surface area contributed by atoms with E-state index in [0.29, 0.717) is 64.1 Å². The molecule has 1 unspecified atom stereocenters. The van der Waals surface area contributed by atoms with Crippen molar-refractivity contribution in [3.8, 4) is 24.2 Å². The van der Waals surface area contributed by atoms with Crippen molar-refractivity contribution in [2.45, 2.75) is 32.7 Å². The molecule has 1 aliphatic heterocycles. The number of halogens is 1. The largest absolute Gasteiger partial charge is 0.493 e. The van der Waals surface area contributed by atoms with Gasteiger partial charge in [-0.2, -0.15) is 10.4 Å². The molecular weight excluding hydrogens is 442 g/mol. The number of ether oxygens (including phenoxy) is 1. The Kier molecular flexibility index (Phi) is 5.84. The molecule has 33 heavy (non-hydrogen) atoms. The van der Waals surface area contributed by atoms with Gasteiger partial charge in [0.2, 0.25) is 0 Å². The molecule has 0 saturated carbocycles. The minimum atomic E-state index is -0.380. The summed E-state index contributed by atoms with van der Waals surface area (Å²) < 4.78 is 7.83. The Bertz CT molecular complexity index is 1350. The molecule has 3 aromatic rings. The van der Waals surface area contributed by atoms with Crippen molar-refractivity contribution >= 4 is 34.4 Å². The zero-order valence-corrected chi connectivity index (χ0v) is 19.2. The Hall–Kier alpha value is -3.82. The third kappa shape index (κ3) is 3.61. The number of amides is 1. The van der Waals surface area contributed by atoms with E-state index in [4.69, 9.17) is 28.5 Å². The molecule has 1 fully saturated rings. The summed E-state index contributed by atoms with van der Waals surface area (Å²) in [5, 5.41) is 15.5. The number of hydrogen-bond donors (Lipinski definition) is 1. The van der Waals surface area contributed by atoms with Crippen molar-refractivity contribution in [1.82, 2.24) is 24.6 Å². The number of fused-ring (bicyclic) bond motifs is 1. The summed E-state index contributed by atoms with van der Waals surface area (Å²) in [6, 6.07) is 3.59. The van der Waals surface area contributed by atoms with Crippen molar-refractivity contribution in [3.63, 3.8) is 0 Å². The minimum absolute atomic E-state index is 0.128. The standard InChI is InChI=1S/C23H22ClN7O2/c1-5-18(32)30-9-14(10-30)20-16(8-25)17(24)7-15(21(20)33-6-2)13(4)31-23-19(12(3)29-31)22(26)27-11-28-23/h1,7,11,13-14H,6,9-10H2,2-4H3,(H2,26,27,28). The number of anilines is 1. The van der Waals surface area contributed by atoms with E-state index in [1.807, 2.05) is 20.8 Å². The van der Waals surface area contributed by atoms with Crippen LogP contribution in [0.1, 0.15) is 48.2 Å².